The number of imide groups is 1. The third kappa shape index (κ3) is 3.00. The Kier molecular flexibility index (Phi) is 5.77. The van der Waals surface area contributed by atoms with Crippen molar-refractivity contribution in [2.45, 2.75) is 27.9 Å². The molecule has 1 saturated heterocycles. The van der Waals surface area contributed by atoms with E-state index in [1.807, 2.05) is 32.0 Å². The first-order valence-corrected chi connectivity index (χ1v) is 12.7. The fourth-order valence-corrected chi connectivity index (χ4v) is 8.02. The van der Waals surface area contributed by atoms with Gasteiger partial charge in [0.15, 0.2) is 4.33 Å². The van der Waals surface area contributed by atoms with Gasteiger partial charge in [0.2, 0.25) is 11.8 Å². The summed E-state index contributed by atoms with van der Waals surface area (Å²) in [5, 5.41) is 2.57. The van der Waals surface area contributed by atoms with E-state index in [4.69, 9.17) is 69.6 Å². The van der Waals surface area contributed by atoms with Gasteiger partial charge in [0.05, 0.1) is 27.6 Å². The van der Waals surface area contributed by atoms with E-state index in [9.17, 15) is 14.4 Å². The Labute approximate surface area is 231 Å². The predicted molar refractivity (Wildman–Crippen MR) is 140 cm³/mol. The van der Waals surface area contributed by atoms with Crippen molar-refractivity contribution < 1.29 is 14.4 Å². The van der Waals surface area contributed by atoms with E-state index in [0.717, 1.165) is 16.0 Å². The molecule has 0 radical (unpaired) electrons. The molecule has 5 rings (SSSR count). The number of allylic oxidation sites excluding steroid dienone is 2. The number of benzene rings is 2. The summed E-state index contributed by atoms with van der Waals surface area (Å²) >= 11 is 39.1. The molecule has 0 aromatic heterocycles. The monoisotopic (exact) mass is 590 g/mol. The minimum absolute atomic E-state index is 0.149. The van der Waals surface area contributed by atoms with Crippen molar-refractivity contribution in [1.29, 1.82) is 0 Å². The molecule has 0 spiro atoms. The highest BCUT2D eigenvalue weighted by atomic mass is 35.5. The molecule has 1 aliphatic heterocycles. The van der Waals surface area contributed by atoms with Crippen LogP contribution in [0.25, 0.3) is 0 Å². The molecule has 1 N–H and O–H groups in total. The minimum atomic E-state index is -1.99. The fraction of sp³-hybridized carbons (Fsp3) is 0.292. The second kappa shape index (κ2) is 8.01. The molecule has 2 fully saturated rings. The maximum Gasteiger partial charge on any atom is 0.255 e. The molecule has 1 saturated carbocycles. The number of alkyl halides is 4. The van der Waals surface area contributed by atoms with Gasteiger partial charge in [-0.1, -0.05) is 58.5 Å². The molecule has 3 amide bonds. The van der Waals surface area contributed by atoms with Crippen molar-refractivity contribution in [2.75, 3.05) is 10.2 Å². The van der Waals surface area contributed by atoms with E-state index in [1.165, 1.54) is 24.3 Å². The van der Waals surface area contributed by atoms with Gasteiger partial charge in [-0.2, -0.15) is 0 Å². The van der Waals surface area contributed by atoms with Crippen molar-refractivity contribution >= 4 is 98.7 Å². The lowest BCUT2D eigenvalue weighted by Crippen LogP contribution is -2.50. The molecule has 11 heteroatoms. The first kappa shape index (κ1) is 25.2. The highest BCUT2D eigenvalue weighted by molar-refractivity contribution is 6.67. The largest absolute Gasteiger partial charge is 0.322 e. The first-order chi connectivity index (χ1) is 16.3. The molecule has 2 bridgehead atoms. The molecule has 2 aromatic rings. The SMILES string of the molecule is Cc1cccc(NC(=O)c2ccc(N3C(=O)[C@@H]4[C@@H](C3=O)[C@@]3(Cl)C(Cl)=C(Cl)[C@@]4(Cl)C3(Cl)Cl)cc2)c1C. The Bertz CT molecular complexity index is 1310. The summed E-state index contributed by atoms with van der Waals surface area (Å²) in [6.07, 6.45) is 0. The molecule has 35 heavy (non-hydrogen) atoms. The summed E-state index contributed by atoms with van der Waals surface area (Å²) in [4.78, 5) is 36.9. The van der Waals surface area contributed by atoms with Gasteiger partial charge in [-0.3, -0.25) is 14.4 Å². The second-order valence-electron chi connectivity index (χ2n) is 8.84. The van der Waals surface area contributed by atoms with Crippen LogP contribution >= 0.6 is 69.6 Å². The average Bonchev–Trinajstić information content (AvgIpc) is 3.20. The Morgan fingerprint density at radius 1 is 0.857 bits per heavy atom. The van der Waals surface area contributed by atoms with Crippen LogP contribution in [0.5, 0.6) is 0 Å². The van der Waals surface area contributed by atoms with E-state index >= 15 is 0 Å². The van der Waals surface area contributed by atoms with Crippen LogP contribution in [0.4, 0.5) is 11.4 Å². The second-order valence-corrected chi connectivity index (χ2v) is 12.1. The molecule has 5 nitrogen and oxygen atoms in total. The topological polar surface area (TPSA) is 66.5 Å². The number of nitrogens with zero attached hydrogens (tertiary/aromatic N) is 1. The molecule has 2 aliphatic carbocycles. The lowest BCUT2D eigenvalue weighted by atomic mass is 9.84. The van der Waals surface area contributed by atoms with Gasteiger partial charge in [-0.25, -0.2) is 4.90 Å². The number of halogens is 6. The number of carbonyl (C=O) groups is 3. The number of fused-ring (bicyclic) bond motifs is 5. The predicted octanol–water partition coefficient (Wildman–Crippen LogP) is 6.51. The number of carbonyl (C=O) groups excluding carboxylic acids is 3. The van der Waals surface area contributed by atoms with Crippen LogP contribution in [0.15, 0.2) is 52.5 Å². The summed E-state index contributed by atoms with van der Waals surface area (Å²) < 4.78 is -1.99. The van der Waals surface area contributed by atoms with E-state index in [1.54, 1.807) is 0 Å². The number of nitrogens with one attached hydrogen (secondary N) is 1. The van der Waals surface area contributed by atoms with Crippen molar-refractivity contribution in [1.82, 2.24) is 0 Å². The zero-order valence-electron chi connectivity index (χ0n) is 18.1. The maximum absolute atomic E-state index is 13.4. The lowest BCUT2D eigenvalue weighted by molar-refractivity contribution is -0.123. The number of amides is 3. The van der Waals surface area contributed by atoms with Crippen LogP contribution in [0.3, 0.4) is 0 Å². The molecule has 182 valence electrons. The molecular weight excluding hydrogens is 577 g/mol. The van der Waals surface area contributed by atoms with Crippen LogP contribution in [0.1, 0.15) is 21.5 Å². The smallest absolute Gasteiger partial charge is 0.255 e. The van der Waals surface area contributed by atoms with Crippen LogP contribution in [0, 0.1) is 25.7 Å². The van der Waals surface area contributed by atoms with Gasteiger partial charge in [0, 0.05) is 11.3 Å². The van der Waals surface area contributed by atoms with Crippen molar-refractivity contribution in [2.24, 2.45) is 11.8 Å². The Morgan fingerprint density at radius 3 is 1.89 bits per heavy atom. The molecule has 1 heterocycles. The van der Waals surface area contributed by atoms with Gasteiger partial charge < -0.3 is 5.32 Å². The maximum atomic E-state index is 13.4. The van der Waals surface area contributed by atoms with Crippen LogP contribution in [-0.4, -0.2) is 31.8 Å². The van der Waals surface area contributed by atoms with Gasteiger partial charge in [-0.15, -0.1) is 23.2 Å². The number of hydrogen-bond donors (Lipinski definition) is 1. The minimum Gasteiger partial charge on any atom is -0.322 e. The highest BCUT2D eigenvalue weighted by Crippen LogP contribution is 2.77. The van der Waals surface area contributed by atoms with Gasteiger partial charge in [0.1, 0.15) is 9.75 Å². The zero-order chi connectivity index (χ0) is 25.7. The third-order valence-corrected chi connectivity index (χ3v) is 11.4. The summed E-state index contributed by atoms with van der Waals surface area (Å²) in [7, 11) is 0. The standard InChI is InChI=1S/C24H16Cl6N2O3/c1-10-4-3-5-14(11(10)2)31-19(33)12-6-8-13(9-7-12)32-20(34)15-16(21(32)35)23(28)18(26)17(25)22(15,27)24(23,29)30/h3-9,15-16H,1-2H3,(H,31,33)/t15-,16-,22+,23+/m0/s1. The summed E-state index contributed by atoms with van der Waals surface area (Å²) in [5.74, 6) is -4.08. The Hall–Kier alpha value is -1.47. The van der Waals surface area contributed by atoms with E-state index in [0.29, 0.717) is 11.3 Å². The highest BCUT2D eigenvalue weighted by Gasteiger charge is 2.87. The van der Waals surface area contributed by atoms with Crippen LogP contribution in [0.2, 0.25) is 0 Å². The first-order valence-electron chi connectivity index (χ1n) is 10.5. The Morgan fingerprint density at radius 2 is 1.37 bits per heavy atom. The summed E-state index contributed by atoms with van der Waals surface area (Å²) in [6, 6.07) is 11.6. The molecule has 2 aromatic carbocycles. The Balaban J connectivity index is 1.44. The van der Waals surface area contributed by atoms with E-state index in [2.05, 4.69) is 5.32 Å². The van der Waals surface area contributed by atoms with Crippen molar-refractivity contribution in [3.8, 4) is 0 Å². The number of aryl methyl sites for hydroxylation is 1. The lowest BCUT2D eigenvalue weighted by Gasteiger charge is -2.34. The van der Waals surface area contributed by atoms with Crippen LogP contribution in [-0.2, 0) is 9.59 Å². The molecule has 3 aliphatic rings. The number of anilines is 2. The van der Waals surface area contributed by atoms with E-state index in [-0.39, 0.29) is 21.7 Å². The average molecular weight is 593 g/mol. The van der Waals surface area contributed by atoms with Crippen molar-refractivity contribution in [3.05, 3.63) is 69.2 Å². The number of hydrogen-bond acceptors (Lipinski definition) is 3. The summed E-state index contributed by atoms with van der Waals surface area (Å²) in [6.45, 7) is 3.87. The summed E-state index contributed by atoms with van der Waals surface area (Å²) in [5.41, 5.74) is 3.27. The fourth-order valence-electron chi connectivity index (χ4n) is 5.09. The number of rotatable bonds is 3. The van der Waals surface area contributed by atoms with Crippen molar-refractivity contribution in [3.63, 3.8) is 0 Å². The van der Waals surface area contributed by atoms with E-state index < -0.39 is 37.7 Å². The quantitative estimate of drug-likeness (QED) is 0.326. The van der Waals surface area contributed by atoms with Gasteiger partial charge in [0.25, 0.3) is 5.91 Å². The molecule has 4 atom stereocenters. The van der Waals surface area contributed by atoms with Crippen LogP contribution < -0.4 is 10.2 Å². The van der Waals surface area contributed by atoms with Gasteiger partial charge >= 0.3 is 0 Å². The normalized spacial score (nSPS) is 30.8. The van der Waals surface area contributed by atoms with Gasteiger partial charge in [-0.05, 0) is 55.3 Å². The third-order valence-electron chi connectivity index (χ3n) is 7.15. The molecule has 0 unspecified atom stereocenters. The molecular formula is C24H16Cl6N2O3. The zero-order valence-corrected chi connectivity index (χ0v) is 22.7.